The van der Waals surface area contributed by atoms with Crippen LogP contribution in [0, 0.1) is 18.7 Å². The number of nitrogens with zero attached hydrogens (tertiary/aromatic N) is 1. The highest BCUT2D eigenvalue weighted by molar-refractivity contribution is 5.95. The number of aryl methyl sites for hydroxylation is 1. The Bertz CT molecular complexity index is 492. The Hall–Kier alpha value is -1.38. The minimum Gasteiger partial charge on any atom is -0.336 e. The molecule has 1 saturated carbocycles. The quantitative estimate of drug-likeness (QED) is 0.778. The van der Waals surface area contributed by atoms with Gasteiger partial charge in [0.15, 0.2) is 0 Å². The molecule has 21 heavy (non-hydrogen) atoms. The summed E-state index contributed by atoms with van der Waals surface area (Å²) in [5, 5.41) is 0. The zero-order valence-corrected chi connectivity index (χ0v) is 13.4. The smallest absolute Gasteiger partial charge is 0.257 e. The van der Waals surface area contributed by atoms with Crippen LogP contribution in [-0.2, 0) is 0 Å². The standard InChI is InChI=1S/C18H26FNO/c1-13(2)10-11-20(15-6-4-5-7-15)18(21)16-12-14(3)8-9-17(16)19/h8-9,12-13,15H,4-7,10-11H2,1-3H3. The highest BCUT2D eigenvalue weighted by atomic mass is 19.1. The maximum atomic E-state index is 14.0. The molecule has 0 aliphatic heterocycles. The maximum absolute atomic E-state index is 14.0. The summed E-state index contributed by atoms with van der Waals surface area (Å²) in [6, 6.07) is 5.07. The molecule has 3 heteroatoms. The summed E-state index contributed by atoms with van der Waals surface area (Å²) in [6.07, 6.45) is 5.42. The zero-order valence-electron chi connectivity index (χ0n) is 13.4. The molecular weight excluding hydrogens is 265 g/mol. The second-order valence-corrected chi connectivity index (χ2v) is 6.60. The number of hydrogen-bond donors (Lipinski definition) is 0. The molecule has 2 nitrogen and oxygen atoms in total. The Labute approximate surface area is 127 Å². The van der Waals surface area contributed by atoms with Gasteiger partial charge in [0.1, 0.15) is 5.82 Å². The maximum Gasteiger partial charge on any atom is 0.257 e. The third-order valence-electron chi connectivity index (χ3n) is 4.33. The van der Waals surface area contributed by atoms with Crippen LogP contribution < -0.4 is 0 Å². The average Bonchev–Trinajstić information content (AvgIpc) is 2.95. The van der Waals surface area contributed by atoms with Gasteiger partial charge in [-0.25, -0.2) is 4.39 Å². The molecule has 0 N–H and O–H groups in total. The van der Waals surface area contributed by atoms with Crippen molar-refractivity contribution in [3.8, 4) is 0 Å². The van der Waals surface area contributed by atoms with Crippen molar-refractivity contribution < 1.29 is 9.18 Å². The fraction of sp³-hybridized carbons (Fsp3) is 0.611. The normalized spacial score (nSPS) is 15.7. The Balaban J connectivity index is 2.21. The Morgan fingerprint density at radius 2 is 2.00 bits per heavy atom. The molecule has 0 unspecified atom stereocenters. The molecule has 1 aliphatic rings. The molecule has 0 bridgehead atoms. The number of carbonyl (C=O) groups excluding carboxylic acids is 1. The fourth-order valence-electron chi connectivity index (χ4n) is 3.02. The number of carbonyl (C=O) groups is 1. The molecule has 0 atom stereocenters. The van der Waals surface area contributed by atoms with E-state index in [9.17, 15) is 9.18 Å². The Morgan fingerprint density at radius 1 is 1.33 bits per heavy atom. The van der Waals surface area contributed by atoms with Gasteiger partial charge in [-0.1, -0.05) is 38.3 Å². The van der Waals surface area contributed by atoms with Crippen LogP contribution in [0.3, 0.4) is 0 Å². The SMILES string of the molecule is Cc1ccc(F)c(C(=O)N(CCC(C)C)C2CCCC2)c1. The number of halogens is 1. The van der Waals surface area contributed by atoms with E-state index in [1.807, 2.05) is 11.8 Å². The van der Waals surface area contributed by atoms with Crippen molar-refractivity contribution in [1.82, 2.24) is 4.90 Å². The van der Waals surface area contributed by atoms with Gasteiger partial charge in [-0.2, -0.15) is 0 Å². The topological polar surface area (TPSA) is 20.3 Å². The second-order valence-electron chi connectivity index (χ2n) is 6.60. The first-order chi connectivity index (χ1) is 9.99. The van der Waals surface area contributed by atoms with Crippen molar-refractivity contribution in [2.45, 2.75) is 58.9 Å². The van der Waals surface area contributed by atoms with E-state index < -0.39 is 5.82 Å². The zero-order chi connectivity index (χ0) is 15.4. The van der Waals surface area contributed by atoms with E-state index in [1.54, 1.807) is 12.1 Å². The summed E-state index contributed by atoms with van der Waals surface area (Å²) in [4.78, 5) is 14.7. The minimum absolute atomic E-state index is 0.135. The van der Waals surface area contributed by atoms with Crippen molar-refractivity contribution in [3.05, 3.63) is 35.1 Å². The Kier molecular flexibility index (Phi) is 5.38. The van der Waals surface area contributed by atoms with E-state index in [4.69, 9.17) is 0 Å². The molecule has 1 amide bonds. The van der Waals surface area contributed by atoms with Crippen LogP contribution in [0.15, 0.2) is 18.2 Å². The largest absolute Gasteiger partial charge is 0.336 e. The fourth-order valence-corrected chi connectivity index (χ4v) is 3.02. The van der Waals surface area contributed by atoms with Gasteiger partial charge in [0, 0.05) is 12.6 Å². The number of hydrogen-bond acceptors (Lipinski definition) is 1. The van der Waals surface area contributed by atoms with E-state index in [2.05, 4.69) is 13.8 Å². The van der Waals surface area contributed by atoms with Gasteiger partial charge in [-0.05, 0) is 44.2 Å². The summed E-state index contributed by atoms with van der Waals surface area (Å²) in [6.45, 7) is 6.94. The van der Waals surface area contributed by atoms with Crippen LogP contribution in [0.25, 0.3) is 0 Å². The van der Waals surface area contributed by atoms with Crippen LogP contribution in [0.1, 0.15) is 61.9 Å². The molecular formula is C18H26FNO. The van der Waals surface area contributed by atoms with Gasteiger partial charge in [0.05, 0.1) is 5.56 Å². The highest BCUT2D eigenvalue weighted by Gasteiger charge is 2.28. The molecule has 0 radical (unpaired) electrons. The molecule has 0 spiro atoms. The minimum atomic E-state index is -0.404. The van der Waals surface area contributed by atoms with Crippen molar-refractivity contribution in [1.29, 1.82) is 0 Å². The summed E-state index contributed by atoms with van der Waals surface area (Å²) in [5.74, 6) is 0.00551. The third-order valence-corrected chi connectivity index (χ3v) is 4.33. The van der Waals surface area contributed by atoms with Crippen LogP contribution in [0.2, 0.25) is 0 Å². The molecule has 0 heterocycles. The van der Waals surface area contributed by atoms with Gasteiger partial charge in [-0.15, -0.1) is 0 Å². The van der Waals surface area contributed by atoms with Gasteiger partial charge < -0.3 is 4.90 Å². The van der Waals surface area contributed by atoms with E-state index in [1.165, 1.54) is 18.9 Å². The summed E-state index contributed by atoms with van der Waals surface area (Å²) in [5.41, 5.74) is 1.15. The number of rotatable bonds is 5. The van der Waals surface area contributed by atoms with E-state index in [0.29, 0.717) is 5.92 Å². The van der Waals surface area contributed by atoms with Crippen molar-refractivity contribution in [2.24, 2.45) is 5.92 Å². The average molecular weight is 291 g/mol. The van der Waals surface area contributed by atoms with Crippen molar-refractivity contribution in [2.75, 3.05) is 6.54 Å². The van der Waals surface area contributed by atoms with Crippen LogP contribution >= 0.6 is 0 Å². The lowest BCUT2D eigenvalue weighted by Crippen LogP contribution is -2.40. The number of benzene rings is 1. The lowest BCUT2D eigenvalue weighted by molar-refractivity contribution is 0.0667. The van der Waals surface area contributed by atoms with E-state index >= 15 is 0 Å². The molecule has 1 aromatic carbocycles. The summed E-state index contributed by atoms with van der Waals surface area (Å²) < 4.78 is 14.0. The van der Waals surface area contributed by atoms with Crippen LogP contribution in [0.5, 0.6) is 0 Å². The second kappa shape index (κ2) is 7.06. The predicted octanol–water partition coefficient (Wildman–Crippen LogP) is 4.57. The molecule has 1 fully saturated rings. The molecule has 1 aliphatic carbocycles. The van der Waals surface area contributed by atoms with Gasteiger partial charge in [0.25, 0.3) is 5.91 Å². The first-order valence-electron chi connectivity index (χ1n) is 8.06. The molecule has 0 aromatic heterocycles. The van der Waals surface area contributed by atoms with Gasteiger partial charge >= 0.3 is 0 Å². The summed E-state index contributed by atoms with van der Waals surface area (Å²) in [7, 11) is 0. The van der Waals surface area contributed by atoms with Crippen molar-refractivity contribution in [3.63, 3.8) is 0 Å². The number of amides is 1. The molecule has 0 saturated heterocycles. The first-order valence-corrected chi connectivity index (χ1v) is 8.06. The lowest BCUT2D eigenvalue weighted by Gasteiger charge is -2.30. The third kappa shape index (κ3) is 4.05. The first kappa shape index (κ1) is 16.0. The van der Waals surface area contributed by atoms with E-state index in [0.717, 1.165) is 31.4 Å². The van der Waals surface area contributed by atoms with Crippen LogP contribution in [-0.4, -0.2) is 23.4 Å². The monoisotopic (exact) mass is 291 g/mol. The predicted molar refractivity (Wildman–Crippen MR) is 83.9 cm³/mol. The lowest BCUT2D eigenvalue weighted by atomic mass is 10.1. The van der Waals surface area contributed by atoms with Gasteiger partial charge in [-0.3, -0.25) is 4.79 Å². The molecule has 116 valence electrons. The highest BCUT2D eigenvalue weighted by Crippen LogP contribution is 2.26. The summed E-state index contributed by atoms with van der Waals surface area (Å²) >= 11 is 0. The molecule has 2 rings (SSSR count). The van der Waals surface area contributed by atoms with Crippen LogP contribution in [0.4, 0.5) is 4.39 Å². The Morgan fingerprint density at radius 3 is 2.62 bits per heavy atom. The van der Waals surface area contributed by atoms with Gasteiger partial charge in [0.2, 0.25) is 0 Å². The van der Waals surface area contributed by atoms with Crippen molar-refractivity contribution >= 4 is 5.91 Å². The van der Waals surface area contributed by atoms with E-state index in [-0.39, 0.29) is 17.5 Å². The molecule has 1 aromatic rings.